The predicted octanol–water partition coefficient (Wildman–Crippen LogP) is -0.0833. The molecule has 3 fully saturated rings. The fourth-order valence-corrected chi connectivity index (χ4v) is 4.90. The van der Waals surface area contributed by atoms with Crippen LogP contribution in [0.3, 0.4) is 0 Å². The minimum absolute atomic E-state index is 0.0228. The minimum atomic E-state index is -3.12. The highest BCUT2D eigenvalue weighted by molar-refractivity contribution is 7.88. The maximum atomic E-state index is 11.8. The van der Waals surface area contributed by atoms with Crippen molar-refractivity contribution < 1.29 is 22.6 Å². The summed E-state index contributed by atoms with van der Waals surface area (Å²) in [6.45, 7) is 6.42. The standard InChI is InChI=1S/C15H28N2O5S/c1-23(18,19)17-5-4-15-14(17)3-2-13(22-15)12-21-11-8-16-6-9-20-10-7-16/h13-15H,2-12H2,1H3/t13-,14-,15-/m0/s1. The zero-order valence-corrected chi connectivity index (χ0v) is 14.7. The molecule has 3 aliphatic heterocycles. The van der Waals surface area contributed by atoms with E-state index in [2.05, 4.69) is 4.90 Å². The Labute approximate surface area is 138 Å². The lowest BCUT2D eigenvalue weighted by molar-refractivity contribution is -0.0958. The van der Waals surface area contributed by atoms with Crippen molar-refractivity contribution in [1.82, 2.24) is 9.21 Å². The molecule has 0 unspecified atom stereocenters. The van der Waals surface area contributed by atoms with Crippen molar-refractivity contribution in [3.63, 3.8) is 0 Å². The highest BCUT2D eigenvalue weighted by atomic mass is 32.2. The number of nitrogens with zero attached hydrogens (tertiary/aromatic N) is 2. The van der Waals surface area contributed by atoms with Gasteiger partial charge in [0.15, 0.2) is 0 Å². The van der Waals surface area contributed by atoms with Crippen molar-refractivity contribution in [2.45, 2.75) is 37.5 Å². The van der Waals surface area contributed by atoms with E-state index in [0.717, 1.165) is 52.1 Å². The predicted molar refractivity (Wildman–Crippen MR) is 85.9 cm³/mol. The molecule has 7 nitrogen and oxygen atoms in total. The first-order chi connectivity index (χ1) is 11.0. The molecule has 0 aliphatic carbocycles. The summed E-state index contributed by atoms with van der Waals surface area (Å²) in [6, 6.07) is 0.0228. The van der Waals surface area contributed by atoms with Gasteiger partial charge in [0.2, 0.25) is 10.0 Å². The van der Waals surface area contributed by atoms with Gasteiger partial charge in [-0.1, -0.05) is 0 Å². The van der Waals surface area contributed by atoms with E-state index in [0.29, 0.717) is 19.8 Å². The second kappa shape index (κ2) is 7.76. The Kier molecular flexibility index (Phi) is 5.92. The van der Waals surface area contributed by atoms with Crippen molar-refractivity contribution in [2.75, 3.05) is 58.9 Å². The molecule has 0 spiro atoms. The summed E-state index contributed by atoms with van der Waals surface area (Å²) in [5.41, 5.74) is 0. The van der Waals surface area contributed by atoms with Crippen LogP contribution in [0.5, 0.6) is 0 Å². The number of fused-ring (bicyclic) bond motifs is 1. The van der Waals surface area contributed by atoms with Crippen LogP contribution in [0, 0.1) is 0 Å². The van der Waals surface area contributed by atoms with Crippen molar-refractivity contribution in [2.24, 2.45) is 0 Å². The van der Waals surface area contributed by atoms with E-state index in [4.69, 9.17) is 14.2 Å². The first-order valence-electron chi connectivity index (χ1n) is 8.54. The molecule has 0 radical (unpaired) electrons. The summed E-state index contributed by atoms with van der Waals surface area (Å²) < 4.78 is 42.3. The third kappa shape index (κ3) is 4.64. The number of hydrogen-bond donors (Lipinski definition) is 0. The Balaban J connectivity index is 1.36. The molecular formula is C15H28N2O5S. The lowest BCUT2D eigenvalue weighted by Gasteiger charge is -2.35. The number of hydrogen-bond acceptors (Lipinski definition) is 6. The van der Waals surface area contributed by atoms with E-state index in [1.807, 2.05) is 0 Å². The molecule has 3 saturated heterocycles. The molecule has 0 aromatic carbocycles. The monoisotopic (exact) mass is 348 g/mol. The summed E-state index contributed by atoms with van der Waals surface area (Å²) in [7, 11) is -3.12. The Hall–Kier alpha value is -0.250. The summed E-state index contributed by atoms with van der Waals surface area (Å²) in [5, 5.41) is 0. The Morgan fingerprint density at radius 2 is 1.91 bits per heavy atom. The van der Waals surface area contributed by atoms with Gasteiger partial charge in [0, 0.05) is 26.2 Å². The van der Waals surface area contributed by atoms with E-state index >= 15 is 0 Å². The molecule has 3 heterocycles. The zero-order valence-electron chi connectivity index (χ0n) is 13.9. The van der Waals surface area contributed by atoms with E-state index in [1.54, 1.807) is 4.31 Å². The Bertz CT molecular complexity index is 480. The number of rotatable bonds is 6. The van der Waals surface area contributed by atoms with Gasteiger partial charge in [-0.15, -0.1) is 0 Å². The lowest BCUT2D eigenvalue weighted by atomic mass is 10.0. The first-order valence-corrected chi connectivity index (χ1v) is 10.4. The third-order valence-corrected chi connectivity index (χ3v) is 6.28. The second-order valence-electron chi connectivity index (χ2n) is 6.63. The summed E-state index contributed by atoms with van der Waals surface area (Å²) in [6.07, 6.45) is 3.95. The molecule has 8 heteroatoms. The fourth-order valence-electron chi connectivity index (χ4n) is 3.73. The molecule has 3 aliphatic rings. The topological polar surface area (TPSA) is 68.3 Å². The molecule has 3 rings (SSSR count). The van der Waals surface area contributed by atoms with E-state index in [-0.39, 0.29) is 18.2 Å². The highest BCUT2D eigenvalue weighted by Crippen LogP contribution is 2.32. The van der Waals surface area contributed by atoms with E-state index < -0.39 is 10.0 Å². The van der Waals surface area contributed by atoms with Crippen molar-refractivity contribution in [3.8, 4) is 0 Å². The summed E-state index contributed by atoms with van der Waals surface area (Å²) in [4.78, 5) is 2.35. The minimum Gasteiger partial charge on any atom is -0.379 e. The van der Waals surface area contributed by atoms with Gasteiger partial charge < -0.3 is 14.2 Å². The van der Waals surface area contributed by atoms with Crippen LogP contribution in [0.15, 0.2) is 0 Å². The molecule has 0 saturated carbocycles. The van der Waals surface area contributed by atoms with Gasteiger partial charge in [-0.3, -0.25) is 4.90 Å². The molecule has 0 bridgehead atoms. The van der Waals surface area contributed by atoms with Gasteiger partial charge >= 0.3 is 0 Å². The molecule has 0 amide bonds. The second-order valence-corrected chi connectivity index (χ2v) is 8.57. The van der Waals surface area contributed by atoms with E-state index in [9.17, 15) is 8.42 Å². The summed E-state index contributed by atoms with van der Waals surface area (Å²) >= 11 is 0. The first kappa shape index (κ1) is 17.6. The van der Waals surface area contributed by atoms with Crippen LogP contribution in [-0.4, -0.2) is 94.7 Å². The normalized spacial score (nSPS) is 33.7. The van der Waals surface area contributed by atoms with Gasteiger partial charge in [0.05, 0.1) is 50.9 Å². The van der Waals surface area contributed by atoms with Crippen molar-refractivity contribution >= 4 is 10.0 Å². The maximum Gasteiger partial charge on any atom is 0.211 e. The molecule has 3 atom stereocenters. The average Bonchev–Trinajstić information content (AvgIpc) is 2.96. The number of morpholine rings is 1. The Morgan fingerprint density at radius 3 is 2.65 bits per heavy atom. The largest absolute Gasteiger partial charge is 0.379 e. The maximum absolute atomic E-state index is 11.8. The zero-order chi connectivity index (χ0) is 16.3. The molecular weight excluding hydrogens is 320 g/mol. The molecule has 23 heavy (non-hydrogen) atoms. The van der Waals surface area contributed by atoms with Gasteiger partial charge in [0.1, 0.15) is 0 Å². The SMILES string of the molecule is CS(=O)(=O)N1CC[C@@H]2O[C@H](COCCN3CCOCC3)CC[C@@H]21. The van der Waals surface area contributed by atoms with Gasteiger partial charge in [-0.2, -0.15) is 4.31 Å². The van der Waals surface area contributed by atoms with Gasteiger partial charge in [-0.25, -0.2) is 8.42 Å². The van der Waals surface area contributed by atoms with Crippen LogP contribution in [0.25, 0.3) is 0 Å². The van der Waals surface area contributed by atoms with Crippen LogP contribution in [-0.2, 0) is 24.2 Å². The lowest BCUT2D eigenvalue weighted by Crippen LogP contribution is -2.45. The van der Waals surface area contributed by atoms with Crippen LogP contribution in [0.4, 0.5) is 0 Å². The number of ether oxygens (including phenoxy) is 3. The molecule has 134 valence electrons. The van der Waals surface area contributed by atoms with Crippen molar-refractivity contribution in [1.29, 1.82) is 0 Å². The highest BCUT2D eigenvalue weighted by Gasteiger charge is 2.43. The Morgan fingerprint density at radius 1 is 1.13 bits per heavy atom. The third-order valence-electron chi connectivity index (χ3n) is 4.97. The van der Waals surface area contributed by atoms with Gasteiger partial charge in [0.25, 0.3) is 0 Å². The quantitative estimate of drug-likeness (QED) is 0.625. The van der Waals surface area contributed by atoms with Crippen LogP contribution in [0.1, 0.15) is 19.3 Å². The van der Waals surface area contributed by atoms with Gasteiger partial charge in [-0.05, 0) is 19.3 Å². The smallest absolute Gasteiger partial charge is 0.211 e. The fraction of sp³-hybridized carbons (Fsp3) is 1.00. The molecule has 0 N–H and O–H groups in total. The molecule has 0 aromatic heterocycles. The average molecular weight is 348 g/mol. The van der Waals surface area contributed by atoms with Crippen LogP contribution < -0.4 is 0 Å². The summed E-state index contributed by atoms with van der Waals surface area (Å²) in [5.74, 6) is 0. The molecule has 0 aromatic rings. The van der Waals surface area contributed by atoms with E-state index in [1.165, 1.54) is 6.26 Å². The van der Waals surface area contributed by atoms with Crippen LogP contribution >= 0.6 is 0 Å². The van der Waals surface area contributed by atoms with Crippen LogP contribution in [0.2, 0.25) is 0 Å². The number of sulfonamides is 1. The van der Waals surface area contributed by atoms with Crippen molar-refractivity contribution in [3.05, 3.63) is 0 Å².